The lowest BCUT2D eigenvalue weighted by Gasteiger charge is -2.27. The Morgan fingerprint density at radius 2 is 1.69 bits per heavy atom. The van der Waals surface area contributed by atoms with E-state index in [4.69, 9.17) is 0 Å². The normalized spacial score (nSPS) is 15.4. The molecular formula is C30H30FN3O2. The molecule has 1 aliphatic heterocycles. The Morgan fingerprint density at radius 3 is 2.33 bits per heavy atom. The van der Waals surface area contributed by atoms with Crippen molar-refractivity contribution in [1.82, 2.24) is 15.1 Å². The summed E-state index contributed by atoms with van der Waals surface area (Å²) in [5.74, 6) is -0.342. The van der Waals surface area contributed by atoms with Gasteiger partial charge in [0.1, 0.15) is 23.0 Å². The highest BCUT2D eigenvalue weighted by Gasteiger charge is 2.42. The Kier molecular flexibility index (Phi) is 5.70. The number of hydrogen-bond donors (Lipinski definition) is 2. The van der Waals surface area contributed by atoms with E-state index < -0.39 is 6.04 Å². The second-order valence-electron chi connectivity index (χ2n) is 10.7. The first kappa shape index (κ1) is 23.8. The minimum Gasteiger partial charge on any atom is -0.507 e. The molecular weight excluding hydrogens is 453 g/mol. The first-order valence-electron chi connectivity index (χ1n) is 12.1. The minimum atomic E-state index is -0.416. The molecule has 0 bridgehead atoms. The first-order chi connectivity index (χ1) is 17.0. The quantitative estimate of drug-likeness (QED) is 0.344. The molecule has 6 heteroatoms. The highest BCUT2D eigenvalue weighted by Crippen LogP contribution is 2.46. The van der Waals surface area contributed by atoms with Crippen molar-refractivity contribution in [1.29, 1.82) is 0 Å². The van der Waals surface area contributed by atoms with E-state index >= 15 is 0 Å². The number of halogens is 1. The van der Waals surface area contributed by atoms with Gasteiger partial charge in [0.2, 0.25) is 0 Å². The van der Waals surface area contributed by atoms with Crippen LogP contribution < -0.4 is 0 Å². The van der Waals surface area contributed by atoms with Crippen LogP contribution in [0.4, 0.5) is 4.39 Å². The smallest absolute Gasteiger partial charge is 0.273 e. The molecule has 1 unspecified atom stereocenters. The van der Waals surface area contributed by atoms with Crippen molar-refractivity contribution >= 4 is 5.91 Å². The van der Waals surface area contributed by atoms with Crippen molar-refractivity contribution in [3.63, 3.8) is 0 Å². The van der Waals surface area contributed by atoms with Crippen LogP contribution in [0.5, 0.6) is 5.75 Å². The van der Waals surface area contributed by atoms with Gasteiger partial charge in [-0.15, -0.1) is 0 Å². The molecule has 0 aliphatic carbocycles. The Morgan fingerprint density at radius 1 is 1.03 bits per heavy atom. The second kappa shape index (κ2) is 8.63. The van der Waals surface area contributed by atoms with Crippen LogP contribution in [0.15, 0.2) is 60.7 Å². The predicted octanol–water partition coefficient (Wildman–Crippen LogP) is 6.58. The van der Waals surface area contributed by atoms with Crippen molar-refractivity contribution in [2.24, 2.45) is 0 Å². The monoisotopic (exact) mass is 483 g/mol. The number of hydrogen-bond acceptors (Lipinski definition) is 3. The zero-order valence-electron chi connectivity index (χ0n) is 21.2. The van der Waals surface area contributed by atoms with Crippen LogP contribution in [-0.2, 0) is 12.0 Å². The maximum atomic E-state index is 13.7. The van der Waals surface area contributed by atoms with E-state index in [1.165, 1.54) is 17.7 Å². The summed E-state index contributed by atoms with van der Waals surface area (Å²) in [5.41, 5.74) is 7.03. The maximum absolute atomic E-state index is 13.7. The van der Waals surface area contributed by atoms with Gasteiger partial charge in [-0.05, 0) is 65.3 Å². The molecule has 0 fully saturated rings. The molecule has 3 aromatic carbocycles. The molecule has 1 aromatic heterocycles. The minimum absolute atomic E-state index is 0.00529. The molecule has 5 nitrogen and oxygen atoms in total. The fourth-order valence-corrected chi connectivity index (χ4v) is 5.00. The Balaban J connectivity index is 1.67. The van der Waals surface area contributed by atoms with Crippen LogP contribution in [0.1, 0.15) is 70.7 Å². The van der Waals surface area contributed by atoms with Gasteiger partial charge in [0.25, 0.3) is 5.91 Å². The standard InChI is InChI=1S/C30H30FN3O2/c1-17-14-18(2)28(35)23(15-17)25-24-26(33-32-25)29(36)34(16-19-6-12-22(31)13-7-19)27(24)20-8-10-21(11-9-20)30(3,4)5/h6-15,27,35H,16H2,1-5H3,(H,32,33). The van der Waals surface area contributed by atoms with E-state index in [1.54, 1.807) is 17.0 Å². The summed E-state index contributed by atoms with van der Waals surface area (Å²) in [6, 6.07) is 17.9. The number of phenols is 1. The van der Waals surface area contributed by atoms with Crippen LogP contribution in [0.2, 0.25) is 0 Å². The lowest BCUT2D eigenvalue weighted by Crippen LogP contribution is -2.29. The van der Waals surface area contributed by atoms with Crippen molar-refractivity contribution in [2.75, 3.05) is 0 Å². The lowest BCUT2D eigenvalue weighted by atomic mass is 9.85. The van der Waals surface area contributed by atoms with Crippen LogP contribution in [0, 0.1) is 19.7 Å². The third-order valence-electron chi connectivity index (χ3n) is 6.92. The molecule has 0 saturated heterocycles. The molecule has 4 aromatic rings. The maximum Gasteiger partial charge on any atom is 0.273 e. The average molecular weight is 484 g/mol. The van der Waals surface area contributed by atoms with E-state index in [1.807, 2.05) is 26.0 Å². The van der Waals surface area contributed by atoms with Gasteiger partial charge < -0.3 is 10.0 Å². The SMILES string of the molecule is Cc1cc(C)c(O)c(-c2n[nH]c3c2C(c2ccc(C(C)(C)C)cc2)N(Cc2ccc(F)cc2)C3=O)c1. The third-order valence-corrected chi connectivity index (χ3v) is 6.92. The second-order valence-corrected chi connectivity index (χ2v) is 10.7. The van der Waals surface area contributed by atoms with E-state index in [9.17, 15) is 14.3 Å². The number of benzene rings is 3. The largest absolute Gasteiger partial charge is 0.507 e. The van der Waals surface area contributed by atoms with Crippen LogP contribution >= 0.6 is 0 Å². The van der Waals surface area contributed by atoms with Gasteiger partial charge in [-0.3, -0.25) is 9.89 Å². The van der Waals surface area contributed by atoms with E-state index in [0.717, 1.165) is 27.8 Å². The molecule has 1 amide bonds. The molecule has 0 saturated carbocycles. The zero-order valence-corrected chi connectivity index (χ0v) is 21.2. The number of aromatic hydroxyl groups is 1. The average Bonchev–Trinajstić information content (AvgIpc) is 3.36. The van der Waals surface area contributed by atoms with E-state index in [-0.39, 0.29) is 22.9 Å². The molecule has 1 aliphatic rings. The molecule has 1 atom stereocenters. The summed E-state index contributed by atoms with van der Waals surface area (Å²) in [4.78, 5) is 15.4. The number of rotatable bonds is 4. The number of aryl methyl sites for hydroxylation is 2. The number of phenolic OH excluding ortho intramolecular Hbond substituents is 1. The summed E-state index contributed by atoms with van der Waals surface area (Å²) in [6.07, 6.45) is 0. The molecule has 0 radical (unpaired) electrons. The van der Waals surface area contributed by atoms with Gasteiger partial charge in [0.05, 0.1) is 6.04 Å². The number of nitrogens with one attached hydrogen (secondary N) is 1. The summed E-state index contributed by atoms with van der Waals surface area (Å²) in [6.45, 7) is 10.6. The summed E-state index contributed by atoms with van der Waals surface area (Å²) in [5, 5.41) is 18.4. The Labute approximate surface area is 210 Å². The van der Waals surface area contributed by atoms with Crippen molar-refractivity contribution in [3.05, 3.63) is 106 Å². The van der Waals surface area contributed by atoms with Crippen LogP contribution in [0.25, 0.3) is 11.3 Å². The summed E-state index contributed by atoms with van der Waals surface area (Å²) in [7, 11) is 0. The number of nitrogens with zero attached hydrogens (tertiary/aromatic N) is 2. The van der Waals surface area contributed by atoms with Gasteiger partial charge in [0, 0.05) is 17.7 Å². The fraction of sp³-hybridized carbons (Fsp3) is 0.267. The fourth-order valence-electron chi connectivity index (χ4n) is 5.00. The number of aromatic amines is 1. The molecule has 5 rings (SSSR count). The van der Waals surface area contributed by atoms with Crippen molar-refractivity contribution in [3.8, 4) is 17.0 Å². The topological polar surface area (TPSA) is 69.2 Å². The number of fused-ring (bicyclic) bond motifs is 1. The van der Waals surface area contributed by atoms with Gasteiger partial charge >= 0.3 is 0 Å². The number of carbonyl (C=O) groups is 1. The number of aromatic nitrogens is 2. The summed E-state index contributed by atoms with van der Waals surface area (Å²) >= 11 is 0. The van der Waals surface area contributed by atoms with Gasteiger partial charge in [-0.25, -0.2) is 4.39 Å². The number of H-pyrrole nitrogens is 1. The van der Waals surface area contributed by atoms with E-state index in [2.05, 4.69) is 55.2 Å². The molecule has 36 heavy (non-hydrogen) atoms. The van der Waals surface area contributed by atoms with E-state index in [0.29, 0.717) is 23.5 Å². The molecule has 184 valence electrons. The molecule has 2 N–H and O–H groups in total. The van der Waals surface area contributed by atoms with Crippen LogP contribution in [-0.4, -0.2) is 26.1 Å². The molecule has 2 heterocycles. The van der Waals surface area contributed by atoms with Gasteiger partial charge in [-0.1, -0.05) is 63.2 Å². The third kappa shape index (κ3) is 4.06. The summed E-state index contributed by atoms with van der Waals surface area (Å²) < 4.78 is 13.5. The first-order valence-corrected chi connectivity index (χ1v) is 12.1. The zero-order chi connectivity index (χ0) is 25.8. The number of amides is 1. The van der Waals surface area contributed by atoms with Crippen molar-refractivity contribution in [2.45, 2.75) is 52.6 Å². The molecule has 0 spiro atoms. The van der Waals surface area contributed by atoms with Gasteiger partial charge in [0.15, 0.2) is 0 Å². The van der Waals surface area contributed by atoms with Crippen molar-refractivity contribution < 1.29 is 14.3 Å². The lowest BCUT2D eigenvalue weighted by molar-refractivity contribution is 0.0730. The highest BCUT2D eigenvalue weighted by molar-refractivity contribution is 6.00. The predicted molar refractivity (Wildman–Crippen MR) is 138 cm³/mol. The Hall–Kier alpha value is -3.93. The Bertz CT molecular complexity index is 1450. The number of carbonyl (C=O) groups excluding carboxylic acids is 1. The van der Waals surface area contributed by atoms with Crippen LogP contribution in [0.3, 0.4) is 0 Å². The van der Waals surface area contributed by atoms with Gasteiger partial charge in [-0.2, -0.15) is 5.10 Å². The highest BCUT2D eigenvalue weighted by atomic mass is 19.1.